The highest BCUT2D eigenvalue weighted by Crippen LogP contribution is 2.47. The lowest BCUT2D eigenvalue weighted by molar-refractivity contribution is -0.220. The van der Waals surface area contributed by atoms with Gasteiger partial charge in [0.2, 0.25) is 5.91 Å². The number of unbranched alkanes of at least 4 members (excludes halogenated alkanes) is 18. The molecule has 298 valence electrons. The lowest BCUT2D eigenvalue weighted by atomic mass is 9.85. The summed E-state index contributed by atoms with van der Waals surface area (Å²) in [4.78, 5) is 23.2. The highest BCUT2D eigenvalue weighted by atomic mass is 31.2. The number of phosphoric acid groups is 1. The molecule has 1 rings (SSSR count). The topological polar surface area (TPSA) is 226 Å². The zero-order chi connectivity index (χ0) is 37.4. The fourth-order valence-electron chi connectivity index (χ4n) is 6.42. The maximum atomic E-state index is 12.9. The molecule has 8 unspecified atom stereocenters. The normalized spacial score (nSPS) is 25.6. The fourth-order valence-corrected chi connectivity index (χ4v) is 7.39. The minimum absolute atomic E-state index is 0.218. The van der Waals surface area contributed by atoms with Gasteiger partial charge in [0.25, 0.3) is 0 Å². The molecule has 1 aliphatic carbocycles. The van der Waals surface area contributed by atoms with E-state index in [2.05, 4.69) is 19.2 Å². The average Bonchev–Trinajstić information content (AvgIpc) is 3.08. The van der Waals surface area contributed by atoms with E-state index in [-0.39, 0.29) is 12.8 Å². The van der Waals surface area contributed by atoms with Crippen LogP contribution in [0.5, 0.6) is 0 Å². The Bertz CT molecular complexity index is 885. The van der Waals surface area contributed by atoms with Crippen molar-refractivity contribution in [2.24, 2.45) is 0 Å². The molecule has 0 aromatic carbocycles. The van der Waals surface area contributed by atoms with Gasteiger partial charge in [-0.15, -0.1) is 0 Å². The van der Waals surface area contributed by atoms with Gasteiger partial charge in [0.1, 0.15) is 36.6 Å². The Morgan fingerprint density at radius 3 is 1.44 bits per heavy atom. The van der Waals surface area contributed by atoms with Crippen molar-refractivity contribution < 1.29 is 59.0 Å². The van der Waals surface area contributed by atoms with Crippen LogP contribution in [-0.2, 0) is 18.4 Å². The van der Waals surface area contributed by atoms with Crippen LogP contribution >= 0.6 is 7.82 Å². The van der Waals surface area contributed by atoms with E-state index in [1.165, 1.54) is 70.6 Å². The Morgan fingerprint density at radius 2 is 1.00 bits per heavy atom. The Balaban J connectivity index is 2.64. The summed E-state index contributed by atoms with van der Waals surface area (Å²) in [5.74, 6) is -0.563. The van der Waals surface area contributed by atoms with Crippen molar-refractivity contribution in [2.45, 2.75) is 216 Å². The van der Waals surface area contributed by atoms with Crippen LogP contribution in [0.4, 0.5) is 0 Å². The van der Waals surface area contributed by atoms with Gasteiger partial charge in [-0.05, 0) is 12.8 Å². The van der Waals surface area contributed by atoms with Crippen LogP contribution < -0.4 is 5.32 Å². The first-order chi connectivity index (χ1) is 23.8. The van der Waals surface area contributed by atoms with Crippen molar-refractivity contribution in [2.75, 3.05) is 6.61 Å². The molecule has 0 aromatic rings. The van der Waals surface area contributed by atoms with Crippen LogP contribution in [0.25, 0.3) is 0 Å². The third-order valence-electron chi connectivity index (χ3n) is 9.72. The van der Waals surface area contributed by atoms with Gasteiger partial charge >= 0.3 is 7.82 Å². The first-order valence-corrected chi connectivity index (χ1v) is 21.1. The zero-order valence-electron chi connectivity index (χ0n) is 30.8. The predicted molar refractivity (Wildman–Crippen MR) is 192 cm³/mol. The van der Waals surface area contributed by atoms with Gasteiger partial charge in [-0.1, -0.05) is 142 Å². The number of hydrogen-bond donors (Lipinski definition) is 9. The van der Waals surface area contributed by atoms with Crippen LogP contribution in [0.15, 0.2) is 0 Å². The summed E-state index contributed by atoms with van der Waals surface area (Å²) in [6.45, 7) is 3.71. The van der Waals surface area contributed by atoms with Gasteiger partial charge < -0.3 is 46.0 Å². The van der Waals surface area contributed by atoms with Gasteiger partial charge in [-0.3, -0.25) is 13.8 Å². The number of rotatable bonds is 31. The van der Waals surface area contributed by atoms with Gasteiger partial charge in [-0.2, -0.15) is 0 Å². The number of nitrogens with one attached hydrogen (secondary N) is 1. The summed E-state index contributed by atoms with van der Waals surface area (Å²) < 4.78 is 22.7. The Morgan fingerprint density at radius 1 is 0.620 bits per heavy atom. The zero-order valence-corrected chi connectivity index (χ0v) is 31.7. The van der Waals surface area contributed by atoms with Crippen LogP contribution in [0, 0.1) is 0 Å². The molecular weight excluding hydrogens is 669 g/mol. The lowest BCUT2D eigenvalue weighted by Crippen LogP contribution is -2.64. The molecule has 1 saturated carbocycles. The number of amides is 1. The maximum Gasteiger partial charge on any atom is 0.472 e. The van der Waals surface area contributed by atoms with Crippen molar-refractivity contribution in [3.05, 3.63) is 0 Å². The van der Waals surface area contributed by atoms with Crippen molar-refractivity contribution in [1.29, 1.82) is 0 Å². The van der Waals surface area contributed by atoms with E-state index >= 15 is 0 Å². The lowest BCUT2D eigenvalue weighted by Gasteiger charge is -2.41. The van der Waals surface area contributed by atoms with E-state index in [0.717, 1.165) is 51.4 Å². The fraction of sp³-hybridized carbons (Fsp3) is 0.972. The van der Waals surface area contributed by atoms with Crippen molar-refractivity contribution in [1.82, 2.24) is 5.32 Å². The van der Waals surface area contributed by atoms with E-state index in [0.29, 0.717) is 12.8 Å². The van der Waals surface area contributed by atoms with E-state index < -0.39 is 75.2 Å². The maximum absolute atomic E-state index is 12.9. The third-order valence-corrected chi connectivity index (χ3v) is 10.7. The van der Waals surface area contributed by atoms with E-state index in [1.54, 1.807) is 0 Å². The molecule has 0 saturated heterocycles. The molecule has 1 fully saturated rings. The second-order valence-corrected chi connectivity index (χ2v) is 15.7. The van der Waals surface area contributed by atoms with Crippen molar-refractivity contribution in [3.63, 3.8) is 0 Å². The molecule has 8 atom stereocenters. The summed E-state index contributed by atoms with van der Waals surface area (Å²) in [7, 11) is -5.10. The summed E-state index contributed by atoms with van der Waals surface area (Å²) in [5, 5.41) is 74.1. The molecular formula is C36H72NO12P. The Labute approximate surface area is 300 Å². The number of carbonyl (C=O) groups is 1. The molecule has 0 heterocycles. The minimum Gasteiger partial charge on any atom is -0.393 e. The van der Waals surface area contributed by atoms with Gasteiger partial charge in [-0.25, -0.2) is 4.57 Å². The number of hydrogen-bond acceptors (Lipinski definition) is 11. The molecule has 14 heteroatoms. The molecule has 0 aromatic heterocycles. The molecule has 1 amide bonds. The van der Waals surface area contributed by atoms with Gasteiger partial charge in [0.15, 0.2) is 0 Å². The molecule has 0 bridgehead atoms. The van der Waals surface area contributed by atoms with Gasteiger partial charge in [0.05, 0.1) is 31.3 Å². The standard InChI is InChI=1S/C36H72NO12P/c1-3-5-7-9-11-13-14-16-18-20-22-24-29(39)28(37-30(40)25-27(38)23-21-19-17-15-12-10-8-6-4-2)26-48-50(46,47)49-36-34(44)32(42)31(41)33(43)35(36)45/h27-29,31-36,38-39,41-45H,3-26H2,1-2H3,(H,37,40)(H,46,47). The first-order valence-electron chi connectivity index (χ1n) is 19.6. The molecule has 0 aliphatic heterocycles. The molecule has 50 heavy (non-hydrogen) atoms. The molecule has 1 aliphatic rings. The first kappa shape index (κ1) is 47.3. The smallest absolute Gasteiger partial charge is 0.393 e. The number of carbonyl (C=O) groups excluding carboxylic acids is 1. The van der Waals surface area contributed by atoms with Crippen LogP contribution in [0.3, 0.4) is 0 Å². The minimum atomic E-state index is -5.10. The highest BCUT2D eigenvalue weighted by molar-refractivity contribution is 7.47. The summed E-state index contributed by atoms with van der Waals surface area (Å²) >= 11 is 0. The number of phosphoric ester groups is 1. The van der Waals surface area contributed by atoms with Crippen molar-refractivity contribution in [3.8, 4) is 0 Å². The monoisotopic (exact) mass is 741 g/mol. The average molecular weight is 742 g/mol. The van der Waals surface area contributed by atoms with E-state index in [1.807, 2.05) is 0 Å². The summed E-state index contributed by atoms with van der Waals surface area (Å²) in [5.41, 5.74) is 0. The second kappa shape index (κ2) is 27.8. The third kappa shape index (κ3) is 20.5. The second-order valence-electron chi connectivity index (χ2n) is 14.3. The predicted octanol–water partition coefficient (Wildman–Crippen LogP) is 4.53. The largest absolute Gasteiger partial charge is 0.472 e. The van der Waals surface area contributed by atoms with E-state index in [4.69, 9.17) is 9.05 Å². The van der Waals surface area contributed by atoms with E-state index in [9.17, 15) is 50.0 Å². The van der Waals surface area contributed by atoms with Crippen molar-refractivity contribution >= 4 is 13.7 Å². The van der Waals surface area contributed by atoms with Gasteiger partial charge in [0, 0.05) is 0 Å². The molecule has 0 radical (unpaired) electrons. The molecule has 0 spiro atoms. The Kier molecular flexibility index (Phi) is 26.3. The van der Waals surface area contributed by atoms with Crippen LogP contribution in [0.1, 0.15) is 162 Å². The highest BCUT2D eigenvalue weighted by Gasteiger charge is 2.51. The molecule has 13 nitrogen and oxygen atoms in total. The Hall–Kier alpha value is -0.700. The van der Waals surface area contributed by atoms with Crippen LogP contribution in [0.2, 0.25) is 0 Å². The SMILES string of the molecule is CCCCCCCCCCCCCC(O)C(COP(=O)(O)OC1C(O)C(O)C(O)C(O)C1O)NC(=O)CC(O)CCCCCCCCCCC. The number of aliphatic hydroxyl groups is 7. The quantitative estimate of drug-likeness (QED) is 0.0353. The summed E-state index contributed by atoms with van der Waals surface area (Å²) in [6.07, 6.45) is 9.01. The molecule has 9 N–H and O–H groups in total. The van der Waals surface area contributed by atoms with Crippen LogP contribution in [-0.4, -0.2) is 108 Å². The number of aliphatic hydroxyl groups excluding tert-OH is 7. The summed E-state index contributed by atoms with van der Waals surface area (Å²) in [6, 6.07) is -1.14.